The van der Waals surface area contributed by atoms with Gasteiger partial charge in [0.1, 0.15) is 5.92 Å². The van der Waals surface area contributed by atoms with Gasteiger partial charge in [-0.3, -0.25) is 9.59 Å². The van der Waals surface area contributed by atoms with Gasteiger partial charge in [-0.2, -0.15) is 0 Å². The van der Waals surface area contributed by atoms with Gasteiger partial charge in [-0.05, 0) is 31.9 Å². The molecule has 0 saturated heterocycles. The lowest BCUT2D eigenvalue weighted by atomic mass is 9.89. The third-order valence-electron chi connectivity index (χ3n) is 3.31. The fraction of sp³-hybridized carbons (Fsp3) is 0.286. The van der Waals surface area contributed by atoms with Crippen LogP contribution in [-0.4, -0.2) is 11.6 Å². The molecule has 3 heteroatoms. The van der Waals surface area contributed by atoms with E-state index in [9.17, 15) is 9.59 Å². The van der Waals surface area contributed by atoms with Crippen LogP contribution in [-0.2, 0) is 9.59 Å². The number of hydrogen-bond donors (Lipinski definition) is 1. The van der Waals surface area contributed by atoms with Crippen molar-refractivity contribution in [2.45, 2.75) is 26.7 Å². The fourth-order valence-electron chi connectivity index (χ4n) is 2.16. The number of ketones is 2. The molecule has 1 aromatic rings. The zero-order valence-electron chi connectivity index (χ0n) is 10.2. The molecule has 0 bridgehead atoms. The molecule has 1 unspecified atom stereocenters. The Morgan fingerprint density at radius 3 is 2.24 bits per heavy atom. The molecule has 0 heterocycles. The maximum atomic E-state index is 12.0. The maximum absolute atomic E-state index is 12.0. The SMILES string of the molecule is CC1=C(N)C(=O)C(c2cc(C)ccc2C)C1=O. The number of Topliss-reactive ketones (excluding diaryl/α,β-unsaturated/α-hetero) is 2. The van der Waals surface area contributed by atoms with Crippen LogP contribution < -0.4 is 5.73 Å². The second kappa shape index (κ2) is 3.84. The minimum absolute atomic E-state index is 0.112. The summed E-state index contributed by atoms with van der Waals surface area (Å²) >= 11 is 0. The fourth-order valence-corrected chi connectivity index (χ4v) is 2.16. The second-order valence-electron chi connectivity index (χ2n) is 4.56. The number of nitrogens with two attached hydrogens (primary N) is 1. The molecule has 0 spiro atoms. The van der Waals surface area contributed by atoms with Crippen LogP contribution in [0, 0.1) is 13.8 Å². The third-order valence-corrected chi connectivity index (χ3v) is 3.31. The minimum Gasteiger partial charge on any atom is -0.396 e. The van der Waals surface area contributed by atoms with E-state index in [4.69, 9.17) is 5.73 Å². The Balaban J connectivity index is 2.54. The molecule has 0 aliphatic heterocycles. The van der Waals surface area contributed by atoms with Crippen LogP contribution in [0.5, 0.6) is 0 Å². The molecule has 0 radical (unpaired) electrons. The Hall–Kier alpha value is -1.90. The second-order valence-corrected chi connectivity index (χ2v) is 4.56. The van der Waals surface area contributed by atoms with Crippen LogP contribution in [0.4, 0.5) is 0 Å². The third kappa shape index (κ3) is 1.68. The van der Waals surface area contributed by atoms with E-state index in [1.165, 1.54) is 0 Å². The number of aryl methyl sites for hydroxylation is 2. The minimum atomic E-state index is -0.727. The lowest BCUT2D eigenvalue weighted by Crippen LogP contribution is -2.18. The van der Waals surface area contributed by atoms with Crippen LogP contribution in [0.2, 0.25) is 0 Å². The van der Waals surface area contributed by atoms with Crippen LogP contribution in [0.3, 0.4) is 0 Å². The molecule has 1 aliphatic carbocycles. The lowest BCUT2D eigenvalue weighted by molar-refractivity contribution is -0.123. The standard InChI is InChI=1S/C14H15NO2/c1-7-4-5-8(2)10(6-7)11-13(16)9(3)12(15)14(11)17/h4-6,11H,15H2,1-3H3. The summed E-state index contributed by atoms with van der Waals surface area (Å²) in [5.41, 5.74) is 8.90. The summed E-state index contributed by atoms with van der Waals surface area (Å²) in [6.45, 7) is 5.45. The van der Waals surface area contributed by atoms with Crippen LogP contribution in [0.1, 0.15) is 29.5 Å². The number of hydrogen-bond acceptors (Lipinski definition) is 3. The van der Waals surface area contributed by atoms with E-state index in [1.54, 1.807) is 6.92 Å². The van der Waals surface area contributed by atoms with Gasteiger partial charge in [0, 0.05) is 5.57 Å². The molecule has 1 aromatic carbocycles. The summed E-state index contributed by atoms with van der Waals surface area (Å²) in [5, 5.41) is 0. The number of rotatable bonds is 1. The highest BCUT2D eigenvalue weighted by Gasteiger charge is 2.39. The van der Waals surface area contributed by atoms with Gasteiger partial charge in [0.25, 0.3) is 0 Å². The van der Waals surface area contributed by atoms with Crippen LogP contribution >= 0.6 is 0 Å². The van der Waals surface area contributed by atoms with Gasteiger partial charge < -0.3 is 5.73 Å². The summed E-state index contributed by atoms with van der Waals surface area (Å²) in [7, 11) is 0. The van der Waals surface area contributed by atoms with Gasteiger partial charge >= 0.3 is 0 Å². The van der Waals surface area contributed by atoms with Gasteiger partial charge in [0.05, 0.1) is 5.70 Å². The lowest BCUT2D eigenvalue weighted by Gasteiger charge is -2.12. The monoisotopic (exact) mass is 229 g/mol. The summed E-state index contributed by atoms with van der Waals surface area (Å²) in [5.74, 6) is -1.16. The molecule has 88 valence electrons. The average Bonchev–Trinajstić information content (AvgIpc) is 2.48. The normalized spacial score (nSPS) is 20.3. The van der Waals surface area contributed by atoms with E-state index in [2.05, 4.69) is 0 Å². The highest BCUT2D eigenvalue weighted by Crippen LogP contribution is 2.32. The Kier molecular flexibility index (Phi) is 2.62. The van der Waals surface area contributed by atoms with Gasteiger partial charge in [0.2, 0.25) is 0 Å². The summed E-state index contributed by atoms with van der Waals surface area (Å²) in [6.07, 6.45) is 0. The van der Waals surface area contributed by atoms with Gasteiger partial charge in [0.15, 0.2) is 11.6 Å². The molecule has 2 rings (SSSR count). The van der Waals surface area contributed by atoms with E-state index >= 15 is 0 Å². The van der Waals surface area contributed by atoms with Crippen molar-refractivity contribution in [1.29, 1.82) is 0 Å². The van der Waals surface area contributed by atoms with Crippen molar-refractivity contribution >= 4 is 11.6 Å². The van der Waals surface area contributed by atoms with E-state index < -0.39 is 5.92 Å². The first-order valence-electron chi connectivity index (χ1n) is 5.55. The highest BCUT2D eigenvalue weighted by molar-refractivity contribution is 6.27. The number of carbonyl (C=O) groups excluding carboxylic acids is 2. The molecule has 0 saturated carbocycles. The first-order valence-corrected chi connectivity index (χ1v) is 5.55. The molecule has 1 aliphatic rings. The van der Waals surface area contributed by atoms with E-state index in [0.29, 0.717) is 5.57 Å². The molecule has 0 amide bonds. The van der Waals surface area contributed by atoms with Crippen molar-refractivity contribution < 1.29 is 9.59 Å². The van der Waals surface area contributed by atoms with E-state index in [1.807, 2.05) is 32.0 Å². The quantitative estimate of drug-likeness (QED) is 0.746. The summed E-state index contributed by atoms with van der Waals surface area (Å²) in [4.78, 5) is 24.0. The van der Waals surface area contributed by atoms with Gasteiger partial charge in [-0.25, -0.2) is 0 Å². The van der Waals surface area contributed by atoms with Crippen molar-refractivity contribution in [2.24, 2.45) is 5.73 Å². The van der Waals surface area contributed by atoms with Gasteiger partial charge in [-0.1, -0.05) is 23.8 Å². The Morgan fingerprint density at radius 1 is 1.06 bits per heavy atom. The maximum Gasteiger partial charge on any atom is 0.194 e. The number of benzene rings is 1. The molecular formula is C14H15NO2. The zero-order valence-corrected chi connectivity index (χ0v) is 10.2. The molecule has 3 nitrogen and oxygen atoms in total. The van der Waals surface area contributed by atoms with Crippen molar-refractivity contribution in [2.75, 3.05) is 0 Å². The van der Waals surface area contributed by atoms with E-state index in [0.717, 1.165) is 16.7 Å². The first-order chi connectivity index (χ1) is 7.93. The smallest absolute Gasteiger partial charge is 0.194 e. The molecule has 0 fully saturated rings. The average molecular weight is 229 g/mol. The largest absolute Gasteiger partial charge is 0.396 e. The van der Waals surface area contributed by atoms with Crippen molar-refractivity contribution in [1.82, 2.24) is 0 Å². The summed E-state index contributed by atoms with van der Waals surface area (Å²) < 4.78 is 0. The molecular weight excluding hydrogens is 214 g/mol. The Labute approximate surface area is 100 Å². The molecule has 1 atom stereocenters. The van der Waals surface area contributed by atoms with Crippen LogP contribution in [0.25, 0.3) is 0 Å². The molecule has 0 aromatic heterocycles. The highest BCUT2D eigenvalue weighted by atomic mass is 16.2. The van der Waals surface area contributed by atoms with Crippen molar-refractivity contribution in [3.8, 4) is 0 Å². The predicted molar refractivity (Wildman–Crippen MR) is 65.6 cm³/mol. The zero-order chi connectivity index (χ0) is 12.7. The van der Waals surface area contributed by atoms with Crippen LogP contribution in [0.15, 0.2) is 29.5 Å². The topological polar surface area (TPSA) is 60.2 Å². The molecule has 2 N–H and O–H groups in total. The predicted octanol–water partition coefficient (Wildman–Crippen LogP) is 1.77. The van der Waals surface area contributed by atoms with Crippen molar-refractivity contribution in [3.63, 3.8) is 0 Å². The van der Waals surface area contributed by atoms with Gasteiger partial charge in [-0.15, -0.1) is 0 Å². The number of allylic oxidation sites excluding steroid dienone is 2. The van der Waals surface area contributed by atoms with Crippen molar-refractivity contribution in [3.05, 3.63) is 46.2 Å². The summed E-state index contributed by atoms with van der Waals surface area (Å²) in [6, 6.07) is 5.78. The van der Waals surface area contributed by atoms with E-state index in [-0.39, 0.29) is 17.3 Å². The molecule has 17 heavy (non-hydrogen) atoms. The number of carbonyl (C=O) groups is 2. The first kappa shape index (κ1) is 11.6. The Bertz CT molecular complexity index is 531. The Morgan fingerprint density at radius 2 is 1.71 bits per heavy atom.